The van der Waals surface area contributed by atoms with Gasteiger partial charge in [0.05, 0.1) is 12.5 Å². The first kappa shape index (κ1) is 18.4. The molecule has 5 heteroatoms. The number of nitrogens with zero attached hydrogens (tertiary/aromatic N) is 2. The molecule has 2 N–H and O–H groups in total. The Hall–Kier alpha value is -0.650. The van der Waals surface area contributed by atoms with Crippen LogP contribution in [0, 0.1) is 11.8 Å². The molecule has 0 aromatic carbocycles. The minimum absolute atomic E-state index is 0.0868. The van der Waals surface area contributed by atoms with Crippen LogP contribution in [0.2, 0.25) is 0 Å². The van der Waals surface area contributed by atoms with Gasteiger partial charge in [-0.15, -0.1) is 0 Å². The van der Waals surface area contributed by atoms with Gasteiger partial charge in [0.1, 0.15) is 0 Å². The molecule has 0 spiro atoms. The highest BCUT2D eigenvalue weighted by atomic mass is 16.5. The molecule has 0 aromatic heterocycles. The lowest BCUT2D eigenvalue weighted by Gasteiger charge is -2.29. The van der Waals surface area contributed by atoms with Gasteiger partial charge < -0.3 is 20.3 Å². The Balaban J connectivity index is 4.48. The van der Waals surface area contributed by atoms with Crippen molar-refractivity contribution in [1.82, 2.24) is 9.80 Å². The Morgan fingerprint density at radius 3 is 2.26 bits per heavy atom. The normalized spacial score (nSPS) is 13.1. The van der Waals surface area contributed by atoms with Gasteiger partial charge in [0, 0.05) is 26.7 Å². The van der Waals surface area contributed by atoms with Gasteiger partial charge in [-0.2, -0.15) is 0 Å². The summed E-state index contributed by atoms with van der Waals surface area (Å²) in [5.74, 6) is 0.348. The van der Waals surface area contributed by atoms with Gasteiger partial charge in [0.25, 0.3) is 0 Å². The van der Waals surface area contributed by atoms with E-state index in [2.05, 4.69) is 4.90 Å². The van der Waals surface area contributed by atoms with Crippen molar-refractivity contribution in [2.24, 2.45) is 17.6 Å². The Morgan fingerprint density at radius 1 is 1.21 bits per heavy atom. The van der Waals surface area contributed by atoms with Crippen LogP contribution in [-0.2, 0) is 9.53 Å². The summed E-state index contributed by atoms with van der Waals surface area (Å²) in [5, 5.41) is 0. The predicted octanol–water partition coefficient (Wildman–Crippen LogP) is 0.644. The molecule has 0 aromatic rings. The molecule has 0 bridgehead atoms. The Labute approximate surface area is 118 Å². The third kappa shape index (κ3) is 7.50. The summed E-state index contributed by atoms with van der Waals surface area (Å²) in [6.07, 6.45) is 0.970. The third-order valence-electron chi connectivity index (χ3n) is 3.29. The fourth-order valence-electron chi connectivity index (χ4n) is 2.00. The molecule has 0 rings (SSSR count). The van der Waals surface area contributed by atoms with Crippen molar-refractivity contribution < 1.29 is 9.53 Å². The molecule has 1 unspecified atom stereocenters. The number of hydrogen-bond acceptors (Lipinski definition) is 4. The summed E-state index contributed by atoms with van der Waals surface area (Å²) in [6, 6.07) is 0. The summed E-state index contributed by atoms with van der Waals surface area (Å²) in [5.41, 5.74) is 5.73. The molecule has 0 saturated carbocycles. The van der Waals surface area contributed by atoms with Crippen molar-refractivity contribution in [3.8, 4) is 0 Å². The molecular formula is C14H31N3O2. The summed E-state index contributed by atoms with van der Waals surface area (Å²) in [6.45, 7) is 7.46. The van der Waals surface area contributed by atoms with Crippen molar-refractivity contribution >= 4 is 5.91 Å². The molecule has 1 amide bonds. The number of hydrogen-bond donors (Lipinski definition) is 1. The number of ether oxygens (including phenoxy) is 1. The number of methoxy groups -OCH3 is 1. The van der Waals surface area contributed by atoms with Crippen molar-refractivity contribution in [2.75, 3.05) is 54.0 Å². The number of amides is 1. The van der Waals surface area contributed by atoms with Gasteiger partial charge in [-0.05, 0) is 33.0 Å². The van der Waals surface area contributed by atoms with Crippen LogP contribution in [-0.4, -0.2) is 69.7 Å². The lowest BCUT2D eigenvalue weighted by molar-refractivity contribution is -0.137. The smallest absolute Gasteiger partial charge is 0.227 e. The maximum Gasteiger partial charge on any atom is 0.227 e. The monoisotopic (exact) mass is 273 g/mol. The Morgan fingerprint density at radius 2 is 1.84 bits per heavy atom. The average molecular weight is 273 g/mol. The van der Waals surface area contributed by atoms with E-state index in [9.17, 15) is 4.79 Å². The standard InChI is InChI=1S/C14H31N3O2/c1-12(2)13(11-15)14(18)17(9-10-19-5)8-6-7-16(3)4/h12-13H,6-11,15H2,1-5H3. The van der Waals surface area contributed by atoms with Gasteiger partial charge in [-0.25, -0.2) is 0 Å². The molecule has 0 radical (unpaired) electrons. The van der Waals surface area contributed by atoms with Crippen LogP contribution in [0.5, 0.6) is 0 Å². The van der Waals surface area contributed by atoms with Crippen molar-refractivity contribution in [3.63, 3.8) is 0 Å². The first-order valence-electron chi connectivity index (χ1n) is 7.06. The molecule has 0 heterocycles. The SMILES string of the molecule is COCCN(CCCN(C)C)C(=O)C(CN)C(C)C. The number of nitrogens with two attached hydrogens (primary N) is 1. The summed E-state index contributed by atoms with van der Waals surface area (Å²) in [4.78, 5) is 16.5. The third-order valence-corrected chi connectivity index (χ3v) is 3.29. The minimum Gasteiger partial charge on any atom is -0.383 e. The second-order valence-electron chi connectivity index (χ2n) is 5.56. The predicted molar refractivity (Wildman–Crippen MR) is 79.0 cm³/mol. The van der Waals surface area contributed by atoms with E-state index >= 15 is 0 Å². The van der Waals surface area contributed by atoms with E-state index in [1.165, 1.54) is 0 Å². The van der Waals surface area contributed by atoms with Gasteiger partial charge >= 0.3 is 0 Å². The zero-order chi connectivity index (χ0) is 14.8. The Bertz CT molecular complexity index is 245. The highest BCUT2D eigenvalue weighted by Crippen LogP contribution is 2.13. The van der Waals surface area contributed by atoms with Crippen LogP contribution in [0.25, 0.3) is 0 Å². The lowest BCUT2D eigenvalue weighted by atomic mass is 9.94. The summed E-state index contributed by atoms with van der Waals surface area (Å²) >= 11 is 0. The van der Waals surface area contributed by atoms with E-state index in [0.29, 0.717) is 19.7 Å². The topological polar surface area (TPSA) is 58.8 Å². The van der Waals surface area contributed by atoms with E-state index in [4.69, 9.17) is 10.5 Å². The highest BCUT2D eigenvalue weighted by Gasteiger charge is 2.25. The average Bonchev–Trinajstić information content (AvgIpc) is 2.33. The van der Waals surface area contributed by atoms with Crippen LogP contribution < -0.4 is 5.73 Å². The fourth-order valence-corrected chi connectivity index (χ4v) is 2.00. The van der Waals surface area contributed by atoms with Gasteiger partial charge in [-0.1, -0.05) is 13.8 Å². The molecule has 1 atom stereocenters. The zero-order valence-corrected chi connectivity index (χ0v) is 13.2. The van der Waals surface area contributed by atoms with Crippen molar-refractivity contribution in [1.29, 1.82) is 0 Å². The Kier molecular flexibility index (Phi) is 9.83. The summed E-state index contributed by atoms with van der Waals surface area (Å²) in [7, 11) is 5.74. The maximum atomic E-state index is 12.5. The van der Waals surface area contributed by atoms with Crippen molar-refractivity contribution in [3.05, 3.63) is 0 Å². The van der Waals surface area contributed by atoms with E-state index in [-0.39, 0.29) is 17.7 Å². The fraction of sp³-hybridized carbons (Fsp3) is 0.929. The van der Waals surface area contributed by atoms with Crippen LogP contribution in [0.3, 0.4) is 0 Å². The zero-order valence-electron chi connectivity index (χ0n) is 13.2. The van der Waals surface area contributed by atoms with Gasteiger partial charge in [0.2, 0.25) is 5.91 Å². The largest absolute Gasteiger partial charge is 0.383 e. The van der Waals surface area contributed by atoms with Crippen LogP contribution in [0.15, 0.2) is 0 Å². The van der Waals surface area contributed by atoms with Gasteiger partial charge in [0.15, 0.2) is 0 Å². The number of carbonyl (C=O) groups excluding carboxylic acids is 1. The molecule has 19 heavy (non-hydrogen) atoms. The molecule has 5 nitrogen and oxygen atoms in total. The van der Waals surface area contributed by atoms with Gasteiger partial charge in [-0.3, -0.25) is 4.79 Å². The quantitative estimate of drug-likeness (QED) is 0.635. The van der Waals surface area contributed by atoms with E-state index in [0.717, 1.165) is 19.5 Å². The van der Waals surface area contributed by atoms with E-state index in [1.54, 1.807) is 7.11 Å². The molecule has 114 valence electrons. The maximum absolute atomic E-state index is 12.5. The van der Waals surface area contributed by atoms with Crippen LogP contribution in [0.4, 0.5) is 0 Å². The molecular weight excluding hydrogens is 242 g/mol. The lowest BCUT2D eigenvalue weighted by Crippen LogP contribution is -2.43. The second-order valence-corrected chi connectivity index (χ2v) is 5.56. The molecule has 0 aliphatic rings. The molecule has 0 aliphatic heterocycles. The first-order valence-corrected chi connectivity index (χ1v) is 7.06. The van der Waals surface area contributed by atoms with E-state index < -0.39 is 0 Å². The van der Waals surface area contributed by atoms with E-state index in [1.807, 2.05) is 32.8 Å². The summed E-state index contributed by atoms with van der Waals surface area (Å²) < 4.78 is 5.09. The number of rotatable bonds is 10. The van der Waals surface area contributed by atoms with Crippen LogP contribution in [0.1, 0.15) is 20.3 Å². The number of carbonyl (C=O) groups is 1. The molecule has 0 fully saturated rings. The second kappa shape index (κ2) is 10.2. The van der Waals surface area contributed by atoms with Crippen LogP contribution >= 0.6 is 0 Å². The minimum atomic E-state index is -0.0868. The molecule has 0 saturated heterocycles. The van der Waals surface area contributed by atoms with Crippen molar-refractivity contribution in [2.45, 2.75) is 20.3 Å². The highest BCUT2D eigenvalue weighted by molar-refractivity contribution is 5.79. The first-order chi connectivity index (χ1) is 8.93. The molecule has 0 aliphatic carbocycles.